The van der Waals surface area contributed by atoms with Crippen LogP contribution in [0, 0.1) is 5.82 Å². The molecule has 128 valence electrons. The average molecular weight is 375 g/mol. The van der Waals surface area contributed by atoms with E-state index >= 15 is 0 Å². The molecule has 25 heavy (non-hydrogen) atoms. The summed E-state index contributed by atoms with van der Waals surface area (Å²) in [6, 6.07) is 9.81. The number of rotatable bonds is 6. The molecular weight excluding hydrogens is 361 g/mol. The van der Waals surface area contributed by atoms with E-state index in [0.29, 0.717) is 21.3 Å². The lowest BCUT2D eigenvalue weighted by molar-refractivity contribution is -0.120. The summed E-state index contributed by atoms with van der Waals surface area (Å²) in [5.74, 6) is -0.834. The highest BCUT2D eigenvalue weighted by atomic mass is 32.1. The van der Waals surface area contributed by atoms with Crippen molar-refractivity contribution in [3.05, 3.63) is 69.1 Å². The van der Waals surface area contributed by atoms with Crippen molar-refractivity contribution in [1.82, 2.24) is 10.3 Å². The fourth-order valence-corrected chi connectivity index (χ4v) is 3.40. The van der Waals surface area contributed by atoms with Crippen LogP contribution >= 0.6 is 22.7 Å². The van der Waals surface area contributed by atoms with Gasteiger partial charge in [0, 0.05) is 17.5 Å². The number of amides is 2. The summed E-state index contributed by atoms with van der Waals surface area (Å²) in [5.41, 5.74) is 0.982. The van der Waals surface area contributed by atoms with Gasteiger partial charge in [0.1, 0.15) is 5.82 Å². The van der Waals surface area contributed by atoms with Crippen molar-refractivity contribution in [2.75, 3.05) is 5.32 Å². The summed E-state index contributed by atoms with van der Waals surface area (Å²) < 4.78 is 13.5. The SMILES string of the molecule is O=C(Cc1csc(NC(=O)c2cccs2)n1)NCc1ccccc1F. The molecule has 0 fully saturated rings. The van der Waals surface area contributed by atoms with E-state index in [4.69, 9.17) is 0 Å². The summed E-state index contributed by atoms with van der Waals surface area (Å²) in [6.07, 6.45) is 0.0693. The van der Waals surface area contributed by atoms with E-state index in [1.54, 1.807) is 35.7 Å². The van der Waals surface area contributed by atoms with Crippen molar-refractivity contribution in [2.45, 2.75) is 13.0 Å². The molecule has 3 aromatic rings. The Morgan fingerprint density at radius 1 is 1.12 bits per heavy atom. The summed E-state index contributed by atoms with van der Waals surface area (Å²) in [7, 11) is 0. The number of hydrogen-bond acceptors (Lipinski definition) is 5. The number of carbonyl (C=O) groups excluding carboxylic acids is 2. The largest absolute Gasteiger partial charge is 0.352 e. The molecule has 0 atom stereocenters. The van der Waals surface area contributed by atoms with Crippen LogP contribution in [0.5, 0.6) is 0 Å². The van der Waals surface area contributed by atoms with Gasteiger partial charge in [0.2, 0.25) is 5.91 Å². The van der Waals surface area contributed by atoms with E-state index in [2.05, 4.69) is 15.6 Å². The molecule has 1 aromatic carbocycles. The van der Waals surface area contributed by atoms with Gasteiger partial charge >= 0.3 is 0 Å². The summed E-state index contributed by atoms with van der Waals surface area (Å²) in [6.45, 7) is 0.123. The number of nitrogens with zero attached hydrogens (tertiary/aromatic N) is 1. The molecule has 2 aromatic heterocycles. The molecule has 0 spiro atoms. The van der Waals surface area contributed by atoms with Crippen molar-refractivity contribution in [3.8, 4) is 0 Å². The van der Waals surface area contributed by atoms with Gasteiger partial charge in [0.15, 0.2) is 5.13 Å². The highest BCUT2D eigenvalue weighted by Gasteiger charge is 2.12. The fourth-order valence-electron chi connectivity index (χ4n) is 2.07. The molecule has 3 rings (SSSR count). The minimum absolute atomic E-state index is 0.0693. The lowest BCUT2D eigenvalue weighted by Crippen LogP contribution is -2.25. The number of hydrogen-bond donors (Lipinski definition) is 2. The summed E-state index contributed by atoms with van der Waals surface area (Å²) in [5, 5.41) is 9.34. The van der Waals surface area contributed by atoms with Gasteiger partial charge in [-0.25, -0.2) is 9.37 Å². The quantitative estimate of drug-likeness (QED) is 0.693. The van der Waals surface area contributed by atoms with Gasteiger partial charge in [-0.1, -0.05) is 24.3 Å². The van der Waals surface area contributed by atoms with Crippen molar-refractivity contribution in [2.24, 2.45) is 0 Å². The zero-order valence-electron chi connectivity index (χ0n) is 13.0. The predicted octanol–water partition coefficient (Wildman–Crippen LogP) is 3.45. The molecule has 0 radical (unpaired) electrons. The first-order valence-electron chi connectivity index (χ1n) is 7.41. The van der Waals surface area contributed by atoms with Crippen molar-refractivity contribution >= 4 is 39.6 Å². The van der Waals surface area contributed by atoms with E-state index in [1.165, 1.54) is 28.7 Å². The van der Waals surface area contributed by atoms with Crippen LogP contribution in [0.25, 0.3) is 0 Å². The Morgan fingerprint density at radius 2 is 1.96 bits per heavy atom. The monoisotopic (exact) mass is 375 g/mol. The zero-order chi connectivity index (χ0) is 17.6. The highest BCUT2D eigenvalue weighted by Crippen LogP contribution is 2.18. The molecule has 2 heterocycles. The summed E-state index contributed by atoms with van der Waals surface area (Å²) >= 11 is 2.60. The Bertz CT molecular complexity index is 878. The molecule has 0 aliphatic heterocycles. The number of thiophene rings is 1. The number of benzene rings is 1. The topological polar surface area (TPSA) is 71.1 Å². The first-order chi connectivity index (χ1) is 12.1. The Morgan fingerprint density at radius 3 is 2.72 bits per heavy atom. The molecule has 2 amide bonds. The fraction of sp³-hybridized carbons (Fsp3) is 0.118. The molecule has 0 aliphatic rings. The molecule has 0 unspecified atom stereocenters. The Hall–Kier alpha value is -2.58. The van der Waals surface area contributed by atoms with Crippen molar-refractivity contribution in [1.29, 1.82) is 0 Å². The Balaban J connectivity index is 1.51. The lowest BCUT2D eigenvalue weighted by atomic mass is 10.2. The van der Waals surface area contributed by atoms with E-state index in [9.17, 15) is 14.0 Å². The van der Waals surface area contributed by atoms with Gasteiger partial charge in [0.05, 0.1) is 17.0 Å². The van der Waals surface area contributed by atoms with Crippen LogP contribution in [0.2, 0.25) is 0 Å². The average Bonchev–Trinajstić information content (AvgIpc) is 3.26. The molecule has 0 saturated carbocycles. The maximum atomic E-state index is 13.5. The second-order valence-corrected chi connectivity index (χ2v) is 6.93. The highest BCUT2D eigenvalue weighted by molar-refractivity contribution is 7.14. The minimum Gasteiger partial charge on any atom is -0.352 e. The third kappa shape index (κ3) is 4.71. The number of anilines is 1. The van der Waals surface area contributed by atoms with Crippen LogP contribution in [-0.4, -0.2) is 16.8 Å². The first-order valence-corrected chi connectivity index (χ1v) is 9.17. The Kier molecular flexibility index (Phi) is 5.52. The smallest absolute Gasteiger partial charge is 0.267 e. The number of carbonyl (C=O) groups is 2. The van der Waals surface area contributed by atoms with E-state index in [-0.39, 0.29) is 30.6 Å². The molecular formula is C17H14FN3O2S2. The van der Waals surface area contributed by atoms with Gasteiger partial charge in [-0.3, -0.25) is 14.9 Å². The number of halogens is 1. The van der Waals surface area contributed by atoms with E-state index in [1.807, 2.05) is 5.38 Å². The van der Waals surface area contributed by atoms with Crippen LogP contribution < -0.4 is 10.6 Å². The standard InChI is InChI=1S/C17H14FN3O2S2/c18-13-5-2-1-4-11(13)9-19-15(22)8-12-10-25-17(20-12)21-16(23)14-6-3-7-24-14/h1-7,10H,8-9H2,(H,19,22)(H,20,21,23). The van der Waals surface area contributed by atoms with Gasteiger partial charge in [-0.2, -0.15) is 0 Å². The van der Waals surface area contributed by atoms with Gasteiger partial charge < -0.3 is 5.32 Å². The molecule has 5 nitrogen and oxygen atoms in total. The van der Waals surface area contributed by atoms with Crippen LogP contribution in [0.3, 0.4) is 0 Å². The van der Waals surface area contributed by atoms with Crippen molar-refractivity contribution in [3.63, 3.8) is 0 Å². The van der Waals surface area contributed by atoms with Gasteiger partial charge in [-0.15, -0.1) is 22.7 Å². The van der Waals surface area contributed by atoms with Crippen LogP contribution in [0.1, 0.15) is 20.9 Å². The molecule has 2 N–H and O–H groups in total. The van der Waals surface area contributed by atoms with Gasteiger partial charge in [0.25, 0.3) is 5.91 Å². The first kappa shape index (κ1) is 17.2. The van der Waals surface area contributed by atoms with Crippen LogP contribution in [-0.2, 0) is 17.8 Å². The molecule has 0 aliphatic carbocycles. The third-order valence-corrected chi connectivity index (χ3v) is 4.97. The molecule has 0 bridgehead atoms. The van der Waals surface area contributed by atoms with Crippen LogP contribution in [0.15, 0.2) is 47.2 Å². The maximum Gasteiger partial charge on any atom is 0.267 e. The summed E-state index contributed by atoms with van der Waals surface area (Å²) in [4.78, 5) is 28.7. The maximum absolute atomic E-state index is 13.5. The zero-order valence-corrected chi connectivity index (χ0v) is 14.6. The number of nitrogens with one attached hydrogen (secondary N) is 2. The minimum atomic E-state index is -0.352. The van der Waals surface area contributed by atoms with Crippen LogP contribution in [0.4, 0.5) is 9.52 Å². The predicted molar refractivity (Wildman–Crippen MR) is 96.3 cm³/mol. The van der Waals surface area contributed by atoms with E-state index in [0.717, 1.165) is 0 Å². The van der Waals surface area contributed by atoms with Gasteiger partial charge in [-0.05, 0) is 17.5 Å². The number of thiazole rings is 1. The normalized spacial score (nSPS) is 10.4. The molecule has 8 heteroatoms. The Labute approximate surface area is 151 Å². The molecule has 0 saturated heterocycles. The van der Waals surface area contributed by atoms with E-state index < -0.39 is 0 Å². The third-order valence-electron chi connectivity index (χ3n) is 3.29. The number of aromatic nitrogens is 1. The second kappa shape index (κ2) is 8.00. The lowest BCUT2D eigenvalue weighted by Gasteiger charge is -2.05. The van der Waals surface area contributed by atoms with Crippen molar-refractivity contribution < 1.29 is 14.0 Å². The second-order valence-electron chi connectivity index (χ2n) is 5.12.